The van der Waals surface area contributed by atoms with E-state index in [9.17, 15) is 0 Å². The second-order valence-corrected chi connectivity index (χ2v) is 5.13. The van der Waals surface area contributed by atoms with Gasteiger partial charge < -0.3 is 15.1 Å². The average molecular weight is 263 g/mol. The van der Waals surface area contributed by atoms with E-state index in [4.69, 9.17) is 12.2 Å². The summed E-state index contributed by atoms with van der Waals surface area (Å²) >= 11 is 5.41. The maximum atomic E-state index is 5.41. The van der Waals surface area contributed by atoms with Crippen LogP contribution in [0.2, 0.25) is 0 Å². The first-order valence-corrected chi connectivity index (χ1v) is 6.81. The van der Waals surface area contributed by atoms with E-state index in [2.05, 4.69) is 25.1 Å². The molecule has 1 saturated carbocycles. The molecule has 1 N–H and O–H groups in total. The van der Waals surface area contributed by atoms with Gasteiger partial charge in [0.15, 0.2) is 5.11 Å². The Bertz CT molecular complexity index is 412. The molecule has 0 bridgehead atoms. The molecular weight excluding hydrogens is 246 g/mol. The van der Waals surface area contributed by atoms with Crippen molar-refractivity contribution in [1.29, 1.82) is 0 Å². The van der Waals surface area contributed by atoms with Crippen LogP contribution in [0.5, 0.6) is 0 Å². The van der Waals surface area contributed by atoms with Crippen molar-refractivity contribution in [3.05, 3.63) is 18.5 Å². The van der Waals surface area contributed by atoms with E-state index >= 15 is 0 Å². The lowest BCUT2D eigenvalue weighted by molar-refractivity contribution is 0.377. The zero-order valence-electron chi connectivity index (χ0n) is 10.2. The molecule has 6 heteroatoms. The number of hydrogen-bond acceptors (Lipinski definition) is 4. The minimum atomic E-state index is 0.632. The van der Waals surface area contributed by atoms with E-state index < -0.39 is 0 Å². The Balaban J connectivity index is 1.53. The summed E-state index contributed by atoms with van der Waals surface area (Å²) in [5.41, 5.74) is 0. The van der Waals surface area contributed by atoms with Crippen LogP contribution in [0.3, 0.4) is 0 Å². The Labute approximate surface area is 112 Å². The van der Waals surface area contributed by atoms with Crippen LogP contribution in [0.1, 0.15) is 12.8 Å². The van der Waals surface area contributed by atoms with Crippen LogP contribution < -0.4 is 10.2 Å². The molecule has 1 aromatic rings. The summed E-state index contributed by atoms with van der Waals surface area (Å²) in [7, 11) is 0. The number of nitrogens with one attached hydrogen (secondary N) is 1. The molecule has 0 atom stereocenters. The smallest absolute Gasteiger partial charge is 0.225 e. The molecule has 1 aromatic heterocycles. The number of thiocarbonyl (C=S) groups is 1. The Kier molecular flexibility index (Phi) is 3.27. The molecule has 3 rings (SSSR count). The topological polar surface area (TPSA) is 44.3 Å². The van der Waals surface area contributed by atoms with Crippen LogP contribution >= 0.6 is 12.2 Å². The van der Waals surface area contributed by atoms with E-state index in [1.54, 1.807) is 12.4 Å². The van der Waals surface area contributed by atoms with Crippen molar-refractivity contribution in [2.24, 2.45) is 0 Å². The van der Waals surface area contributed by atoms with Gasteiger partial charge in [-0.25, -0.2) is 9.97 Å². The highest BCUT2D eigenvalue weighted by Gasteiger charge is 2.26. The fraction of sp³-hybridized carbons (Fsp3) is 0.583. The normalized spacial score (nSPS) is 19.8. The van der Waals surface area contributed by atoms with Crippen molar-refractivity contribution in [3.63, 3.8) is 0 Å². The van der Waals surface area contributed by atoms with Crippen LogP contribution in [-0.4, -0.2) is 52.2 Å². The Morgan fingerprint density at radius 1 is 1.17 bits per heavy atom. The van der Waals surface area contributed by atoms with E-state index in [1.807, 2.05) is 6.07 Å². The monoisotopic (exact) mass is 263 g/mol. The maximum Gasteiger partial charge on any atom is 0.225 e. The lowest BCUT2D eigenvalue weighted by Crippen LogP contribution is -2.52. The summed E-state index contributed by atoms with van der Waals surface area (Å²) < 4.78 is 0. The standard InChI is InChI=1S/C12H17N5S/c18-12(15-10-2-3-10)17-8-6-16(7-9-17)11-13-4-1-5-14-11/h1,4-5,10H,2-3,6-9H2,(H,15,18). The molecule has 1 saturated heterocycles. The largest absolute Gasteiger partial charge is 0.360 e. The third-order valence-electron chi connectivity index (χ3n) is 3.31. The van der Waals surface area contributed by atoms with Crippen molar-refractivity contribution in [1.82, 2.24) is 20.2 Å². The molecule has 0 radical (unpaired) electrons. The lowest BCUT2D eigenvalue weighted by atomic mass is 10.3. The summed E-state index contributed by atoms with van der Waals surface area (Å²) in [4.78, 5) is 13.0. The van der Waals surface area contributed by atoms with Gasteiger partial charge in [-0.3, -0.25) is 0 Å². The van der Waals surface area contributed by atoms with Crippen LogP contribution in [0.4, 0.5) is 5.95 Å². The van der Waals surface area contributed by atoms with Crippen molar-refractivity contribution in [2.75, 3.05) is 31.1 Å². The van der Waals surface area contributed by atoms with Gasteiger partial charge >= 0.3 is 0 Å². The Morgan fingerprint density at radius 3 is 2.44 bits per heavy atom. The first kappa shape index (κ1) is 11.6. The van der Waals surface area contributed by atoms with Crippen molar-refractivity contribution in [2.45, 2.75) is 18.9 Å². The van der Waals surface area contributed by atoms with Crippen LogP contribution in [0, 0.1) is 0 Å². The molecule has 1 aliphatic carbocycles. The van der Waals surface area contributed by atoms with Crippen LogP contribution in [0.15, 0.2) is 18.5 Å². The Morgan fingerprint density at radius 2 is 1.83 bits per heavy atom. The summed E-state index contributed by atoms with van der Waals surface area (Å²) in [6.07, 6.45) is 6.10. The minimum absolute atomic E-state index is 0.632. The zero-order valence-corrected chi connectivity index (χ0v) is 11.1. The number of nitrogens with zero attached hydrogens (tertiary/aromatic N) is 4. The SMILES string of the molecule is S=C(NC1CC1)N1CCN(c2ncccn2)CC1. The first-order chi connectivity index (χ1) is 8.83. The van der Waals surface area contributed by atoms with E-state index in [0.29, 0.717) is 6.04 Å². The maximum absolute atomic E-state index is 5.41. The molecule has 18 heavy (non-hydrogen) atoms. The van der Waals surface area contributed by atoms with E-state index in [0.717, 1.165) is 37.2 Å². The second kappa shape index (κ2) is 5.06. The highest BCUT2D eigenvalue weighted by Crippen LogP contribution is 2.19. The molecule has 0 unspecified atom stereocenters. The van der Waals surface area contributed by atoms with E-state index in [1.165, 1.54) is 12.8 Å². The minimum Gasteiger partial charge on any atom is -0.360 e. The number of anilines is 1. The Hall–Kier alpha value is -1.43. The molecule has 0 amide bonds. The number of aromatic nitrogens is 2. The molecular formula is C12H17N5S. The zero-order chi connectivity index (χ0) is 12.4. The first-order valence-electron chi connectivity index (χ1n) is 6.40. The molecule has 2 aliphatic rings. The number of piperazine rings is 1. The summed E-state index contributed by atoms with van der Waals surface area (Å²) in [5, 5.41) is 4.29. The quantitative estimate of drug-likeness (QED) is 0.790. The molecule has 2 fully saturated rings. The van der Waals surface area contributed by atoms with Gasteiger partial charge in [-0.2, -0.15) is 0 Å². The predicted molar refractivity (Wildman–Crippen MR) is 74.6 cm³/mol. The predicted octanol–water partition coefficient (Wildman–Crippen LogP) is 0.635. The fourth-order valence-electron chi connectivity index (χ4n) is 2.06. The van der Waals surface area contributed by atoms with Crippen molar-refractivity contribution in [3.8, 4) is 0 Å². The molecule has 0 aromatic carbocycles. The third-order valence-corrected chi connectivity index (χ3v) is 3.68. The van der Waals surface area contributed by atoms with Crippen LogP contribution in [-0.2, 0) is 0 Å². The van der Waals surface area contributed by atoms with Crippen LogP contribution in [0.25, 0.3) is 0 Å². The second-order valence-electron chi connectivity index (χ2n) is 4.75. The van der Waals surface area contributed by atoms with Gasteiger partial charge in [0.05, 0.1) is 0 Å². The molecule has 5 nitrogen and oxygen atoms in total. The lowest BCUT2D eigenvalue weighted by Gasteiger charge is -2.36. The fourth-order valence-corrected chi connectivity index (χ4v) is 2.41. The van der Waals surface area contributed by atoms with Gasteiger partial charge in [0.2, 0.25) is 5.95 Å². The molecule has 96 valence electrons. The molecule has 2 heterocycles. The molecule has 1 aliphatic heterocycles. The number of rotatable bonds is 2. The van der Waals surface area contributed by atoms with Gasteiger partial charge in [0.25, 0.3) is 0 Å². The van der Waals surface area contributed by atoms with Gasteiger partial charge in [0, 0.05) is 44.6 Å². The summed E-state index contributed by atoms with van der Waals surface area (Å²) in [6.45, 7) is 3.74. The van der Waals surface area contributed by atoms with Crippen molar-refractivity contribution >= 4 is 23.3 Å². The van der Waals surface area contributed by atoms with Crippen molar-refractivity contribution < 1.29 is 0 Å². The molecule has 0 spiro atoms. The van der Waals surface area contributed by atoms with E-state index in [-0.39, 0.29) is 0 Å². The van der Waals surface area contributed by atoms with Gasteiger partial charge in [-0.05, 0) is 31.1 Å². The highest BCUT2D eigenvalue weighted by atomic mass is 32.1. The van der Waals surface area contributed by atoms with Gasteiger partial charge in [0.1, 0.15) is 0 Å². The van der Waals surface area contributed by atoms with Gasteiger partial charge in [-0.15, -0.1) is 0 Å². The third kappa shape index (κ3) is 2.69. The summed E-state index contributed by atoms with van der Waals surface area (Å²) in [6, 6.07) is 2.47. The average Bonchev–Trinajstić information content (AvgIpc) is 3.24. The number of hydrogen-bond donors (Lipinski definition) is 1. The summed E-state index contributed by atoms with van der Waals surface area (Å²) in [5.74, 6) is 0.818. The van der Waals surface area contributed by atoms with Gasteiger partial charge in [-0.1, -0.05) is 0 Å². The highest BCUT2D eigenvalue weighted by molar-refractivity contribution is 7.80.